The molecular formula is C20H30N2O2. The molecule has 0 unspecified atom stereocenters. The minimum atomic E-state index is 0.120. The maximum Gasteiger partial charge on any atom is 0.220 e. The summed E-state index contributed by atoms with van der Waals surface area (Å²) in [5, 5.41) is 3.04. The number of ether oxygens (including phenoxy) is 1. The zero-order valence-corrected chi connectivity index (χ0v) is 15.0. The highest BCUT2D eigenvalue weighted by atomic mass is 16.5. The lowest BCUT2D eigenvalue weighted by atomic mass is 10.0. The number of nitrogens with zero attached hydrogens (tertiary/aromatic N) is 1. The maximum atomic E-state index is 12.1. The first-order valence-corrected chi connectivity index (χ1v) is 9.33. The summed E-state index contributed by atoms with van der Waals surface area (Å²) in [6.45, 7) is 7.99. The van der Waals surface area contributed by atoms with Crippen LogP contribution in [0.15, 0.2) is 24.3 Å². The number of hydrogen-bond acceptors (Lipinski definition) is 3. The second-order valence-electron chi connectivity index (χ2n) is 7.45. The van der Waals surface area contributed by atoms with Gasteiger partial charge in [-0.2, -0.15) is 0 Å². The molecule has 2 heterocycles. The fraction of sp³-hybridized carbons (Fsp3) is 0.650. The van der Waals surface area contributed by atoms with Crippen molar-refractivity contribution in [3.63, 3.8) is 0 Å². The highest BCUT2D eigenvalue weighted by Gasteiger charge is 2.32. The smallest absolute Gasteiger partial charge is 0.220 e. The highest BCUT2D eigenvalue weighted by molar-refractivity contribution is 5.76. The van der Waals surface area contributed by atoms with Crippen LogP contribution in [-0.4, -0.2) is 49.2 Å². The van der Waals surface area contributed by atoms with Gasteiger partial charge in [-0.15, -0.1) is 0 Å². The largest absolute Gasteiger partial charge is 0.373 e. The van der Waals surface area contributed by atoms with E-state index in [1.807, 2.05) is 0 Å². The van der Waals surface area contributed by atoms with Crippen LogP contribution in [0.25, 0.3) is 0 Å². The van der Waals surface area contributed by atoms with Crippen molar-refractivity contribution in [1.82, 2.24) is 10.2 Å². The molecule has 1 aromatic rings. The van der Waals surface area contributed by atoms with E-state index in [2.05, 4.69) is 48.3 Å². The average Bonchev–Trinajstić information content (AvgIpc) is 3.06. The second-order valence-corrected chi connectivity index (χ2v) is 7.45. The third-order valence-corrected chi connectivity index (χ3v) is 5.28. The van der Waals surface area contributed by atoms with Gasteiger partial charge in [0.25, 0.3) is 0 Å². The van der Waals surface area contributed by atoms with Crippen LogP contribution in [0.3, 0.4) is 0 Å². The van der Waals surface area contributed by atoms with Crippen molar-refractivity contribution in [2.75, 3.05) is 26.2 Å². The number of hydrogen-bond donors (Lipinski definition) is 1. The molecule has 132 valence electrons. The minimum absolute atomic E-state index is 0.120. The van der Waals surface area contributed by atoms with Crippen molar-refractivity contribution in [1.29, 1.82) is 0 Å². The molecule has 2 atom stereocenters. The van der Waals surface area contributed by atoms with Gasteiger partial charge >= 0.3 is 0 Å². The van der Waals surface area contributed by atoms with Gasteiger partial charge in [-0.25, -0.2) is 0 Å². The van der Waals surface area contributed by atoms with E-state index >= 15 is 0 Å². The lowest BCUT2D eigenvalue weighted by Crippen LogP contribution is -2.50. The molecule has 2 aliphatic rings. The van der Waals surface area contributed by atoms with E-state index in [1.54, 1.807) is 0 Å². The van der Waals surface area contributed by atoms with Crippen molar-refractivity contribution < 1.29 is 9.53 Å². The summed E-state index contributed by atoms with van der Waals surface area (Å²) in [4.78, 5) is 14.6. The van der Waals surface area contributed by atoms with Crippen LogP contribution < -0.4 is 5.32 Å². The molecule has 4 nitrogen and oxygen atoms in total. The fourth-order valence-corrected chi connectivity index (χ4v) is 3.65. The first-order chi connectivity index (χ1) is 11.6. The van der Waals surface area contributed by atoms with E-state index in [9.17, 15) is 4.79 Å². The number of carbonyl (C=O) groups is 1. The molecule has 0 aliphatic carbocycles. The summed E-state index contributed by atoms with van der Waals surface area (Å²) in [6.07, 6.45) is 4.02. The Balaban J connectivity index is 1.36. The van der Waals surface area contributed by atoms with Crippen molar-refractivity contribution in [2.45, 2.75) is 57.6 Å². The number of fused-ring (bicyclic) bond motifs is 1. The summed E-state index contributed by atoms with van der Waals surface area (Å²) in [6, 6.07) is 9.23. The van der Waals surface area contributed by atoms with Gasteiger partial charge in [0.15, 0.2) is 0 Å². The van der Waals surface area contributed by atoms with E-state index in [-0.39, 0.29) is 12.0 Å². The normalized spacial score (nSPS) is 24.1. The lowest BCUT2D eigenvalue weighted by Gasteiger charge is -2.35. The summed E-state index contributed by atoms with van der Waals surface area (Å²) in [5.74, 6) is 0.670. The van der Waals surface area contributed by atoms with Crippen LogP contribution in [0.2, 0.25) is 0 Å². The van der Waals surface area contributed by atoms with Gasteiger partial charge in [-0.05, 0) is 42.9 Å². The van der Waals surface area contributed by atoms with Crippen LogP contribution >= 0.6 is 0 Å². The third kappa shape index (κ3) is 4.58. The Kier molecular flexibility index (Phi) is 5.90. The van der Waals surface area contributed by atoms with E-state index in [0.717, 1.165) is 19.6 Å². The zero-order valence-electron chi connectivity index (χ0n) is 15.0. The van der Waals surface area contributed by atoms with Gasteiger partial charge < -0.3 is 10.1 Å². The van der Waals surface area contributed by atoms with E-state index in [1.165, 1.54) is 30.5 Å². The highest BCUT2D eigenvalue weighted by Crippen LogP contribution is 2.22. The Labute approximate surface area is 145 Å². The minimum Gasteiger partial charge on any atom is -0.373 e. The van der Waals surface area contributed by atoms with Gasteiger partial charge in [-0.3, -0.25) is 9.69 Å². The number of morpholine rings is 1. The summed E-state index contributed by atoms with van der Waals surface area (Å²) < 4.78 is 5.88. The second kappa shape index (κ2) is 8.13. The van der Waals surface area contributed by atoms with E-state index in [4.69, 9.17) is 4.74 Å². The van der Waals surface area contributed by atoms with Gasteiger partial charge in [0.1, 0.15) is 0 Å². The molecule has 2 saturated heterocycles. The standard InChI is InChI=1S/C20H30N2O2/c1-15(2)17-8-5-16(6-9-17)7-10-20(23)21-12-19-13-22-11-3-4-18(22)14-24-19/h5-6,8-9,15,18-19H,3-4,7,10-14H2,1-2H3,(H,21,23)/t18-,19+/m0/s1. The maximum absolute atomic E-state index is 12.1. The Bertz CT molecular complexity index is 541. The van der Waals surface area contributed by atoms with Crippen LogP contribution in [0, 0.1) is 0 Å². The topological polar surface area (TPSA) is 41.6 Å². The molecule has 1 aromatic carbocycles. The molecule has 2 aliphatic heterocycles. The Morgan fingerprint density at radius 1 is 1.33 bits per heavy atom. The van der Waals surface area contributed by atoms with Crippen molar-refractivity contribution >= 4 is 5.91 Å². The lowest BCUT2D eigenvalue weighted by molar-refractivity contribution is -0.122. The number of benzene rings is 1. The van der Waals surface area contributed by atoms with Gasteiger partial charge in [0.05, 0.1) is 12.7 Å². The average molecular weight is 330 g/mol. The molecule has 0 radical (unpaired) electrons. The fourth-order valence-electron chi connectivity index (χ4n) is 3.65. The van der Waals surface area contributed by atoms with E-state index < -0.39 is 0 Å². The van der Waals surface area contributed by atoms with Crippen LogP contribution in [0.5, 0.6) is 0 Å². The Hall–Kier alpha value is -1.39. The molecule has 3 rings (SSSR count). The monoisotopic (exact) mass is 330 g/mol. The van der Waals surface area contributed by atoms with Crippen LogP contribution in [0.4, 0.5) is 0 Å². The molecule has 1 N–H and O–H groups in total. The molecule has 24 heavy (non-hydrogen) atoms. The number of carbonyl (C=O) groups excluding carboxylic acids is 1. The van der Waals surface area contributed by atoms with Crippen LogP contribution in [0.1, 0.15) is 50.2 Å². The Morgan fingerprint density at radius 3 is 2.88 bits per heavy atom. The first kappa shape index (κ1) is 17.4. The molecule has 0 bridgehead atoms. The molecule has 4 heteroatoms. The van der Waals surface area contributed by atoms with Gasteiger partial charge in [0.2, 0.25) is 5.91 Å². The van der Waals surface area contributed by atoms with Crippen molar-refractivity contribution in [2.24, 2.45) is 0 Å². The molecular weight excluding hydrogens is 300 g/mol. The third-order valence-electron chi connectivity index (χ3n) is 5.28. The quantitative estimate of drug-likeness (QED) is 0.872. The summed E-state index contributed by atoms with van der Waals surface area (Å²) in [5.41, 5.74) is 2.57. The predicted molar refractivity (Wildman–Crippen MR) is 96.2 cm³/mol. The molecule has 0 spiro atoms. The number of rotatable bonds is 6. The van der Waals surface area contributed by atoms with Crippen LogP contribution in [-0.2, 0) is 16.0 Å². The first-order valence-electron chi connectivity index (χ1n) is 9.33. The van der Waals surface area contributed by atoms with Crippen molar-refractivity contribution in [3.05, 3.63) is 35.4 Å². The summed E-state index contributed by atoms with van der Waals surface area (Å²) >= 11 is 0. The van der Waals surface area contributed by atoms with Gasteiger partial charge in [-0.1, -0.05) is 38.1 Å². The molecule has 0 aromatic heterocycles. The Morgan fingerprint density at radius 2 is 2.12 bits per heavy atom. The SMILES string of the molecule is CC(C)c1ccc(CCC(=O)NC[C@@H]2CN3CCC[C@H]3CO2)cc1. The summed E-state index contributed by atoms with van der Waals surface area (Å²) in [7, 11) is 0. The number of amides is 1. The number of aryl methyl sites for hydroxylation is 1. The van der Waals surface area contributed by atoms with E-state index in [0.29, 0.717) is 24.9 Å². The molecule has 0 saturated carbocycles. The molecule has 1 amide bonds. The van der Waals surface area contributed by atoms with Crippen molar-refractivity contribution in [3.8, 4) is 0 Å². The molecule has 2 fully saturated rings. The number of nitrogens with one attached hydrogen (secondary N) is 1. The van der Waals surface area contributed by atoms with Gasteiger partial charge in [0, 0.05) is 25.6 Å². The zero-order chi connectivity index (χ0) is 16.9. The predicted octanol–water partition coefficient (Wildman–Crippen LogP) is 2.72.